The molecule has 0 aromatic heterocycles. The van der Waals surface area contributed by atoms with Crippen molar-refractivity contribution in [2.24, 2.45) is 5.10 Å². The number of hydrazone groups is 1. The molecule has 4 nitrogen and oxygen atoms in total. The monoisotopic (exact) mass is 288 g/mol. The Hall–Kier alpha value is -1.71. The number of rotatable bonds is 4. The van der Waals surface area contributed by atoms with Gasteiger partial charge >= 0.3 is 0 Å². The van der Waals surface area contributed by atoms with Gasteiger partial charge in [0, 0.05) is 19.2 Å². The van der Waals surface area contributed by atoms with Crippen molar-refractivity contribution < 1.29 is 9.47 Å². The van der Waals surface area contributed by atoms with E-state index < -0.39 is 0 Å². The number of hydrogen-bond acceptors (Lipinski definition) is 4. The lowest BCUT2D eigenvalue weighted by Gasteiger charge is -2.22. The van der Waals surface area contributed by atoms with Crippen LogP contribution >= 0.6 is 0 Å². The number of methoxy groups -OCH3 is 1. The maximum absolute atomic E-state index is 6.16. The van der Waals surface area contributed by atoms with Gasteiger partial charge in [-0.05, 0) is 56.7 Å². The quantitative estimate of drug-likeness (QED) is 0.851. The van der Waals surface area contributed by atoms with Crippen LogP contribution in [0.2, 0.25) is 0 Å². The van der Waals surface area contributed by atoms with Crippen LogP contribution in [-0.4, -0.2) is 37.5 Å². The van der Waals surface area contributed by atoms with Crippen molar-refractivity contribution in [2.45, 2.75) is 44.6 Å². The Bertz CT molecular complexity index is 522. The molecule has 1 aromatic rings. The van der Waals surface area contributed by atoms with Crippen molar-refractivity contribution in [3.8, 4) is 11.5 Å². The van der Waals surface area contributed by atoms with Crippen LogP contribution in [0, 0.1) is 0 Å². The summed E-state index contributed by atoms with van der Waals surface area (Å²) < 4.78 is 11.6. The lowest BCUT2D eigenvalue weighted by atomic mass is 10.0. The van der Waals surface area contributed by atoms with Gasteiger partial charge in [0.2, 0.25) is 0 Å². The van der Waals surface area contributed by atoms with Crippen molar-refractivity contribution in [3.05, 3.63) is 23.8 Å². The first-order chi connectivity index (χ1) is 10.3. The van der Waals surface area contributed by atoms with E-state index in [-0.39, 0.29) is 0 Å². The highest BCUT2D eigenvalue weighted by Gasteiger charge is 2.20. The second kappa shape index (κ2) is 6.37. The maximum atomic E-state index is 6.16. The smallest absolute Gasteiger partial charge is 0.162 e. The van der Waals surface area contributed by atoms with E-state index in [1.807, 2.05) is 18.1 Å². The van der Waals surface area contributed by atoms with Gasteiger partial charge in [0.25, 0.3) is 0 Å². The second-order valence-electron chi connectivity index (χ2n) is 5.92. The van der Waals surface area contributed by atoms with Gasteiger partial charge in [-0.2, -0.15) is 5.10 Å². The van der Waals surface area contributed by atoms with E-state index in [0.717, 1.165) is 55.0 Å². The molecule has 1 aliphatic heterocycles. The summed E-state index contributed by atoms with van der Waals surface area (Å²) in [6.45, 7) is 1.03. The fourth-order valence-corrected chi connectivity index (χ4v) is 3.12. The first kappa shape index (κ1) is 14.2. The lowest BCUT2D eigenvalue weighted by molar-refractivity contribution is 0.200. The Kier molecular flexibility index (Phi) is 4.32. The van der Waals surface area contributed by atoms with Crippen LogP contribution in [-0.2, 0) is 0 Å². The minimum absolute atomic E-state index is 0.338. The predicted molar refractivity (Wildman–Crippen MR) is 84.3 cm³/mol. The first-order valence-electron chi connectivity index (χ1n) is 7.90. The molecular formula is C17H24N2O2. The highest BCUT2D eigenvalue weighted by atomic mass is 16.5. The van der Waals surface area contributed by atoms with E-state index in [1.54, 1.807) is 7.11 Å². The van der Waals surface area contributed by atoms with Gasteiger partial charge in [-0.3, -0.25) is 5.01 Å². The van der Waals surface area contributed by atoms with E-state index in [1.165, 1.54) is 12.8 Å². The van der Waals surface area contributed by atoms with Gasteiger partial charge < -0.3 is 9.47 Å². The molecule has 0 saturated heterocycles. The molecule has 2 aliphatic rings. The van der Waals surface area contributed by atoms with Gasteiger partial charge in [0.15, 0.2) is 11.5 Å². The zero-order chi connectivity index (χ0) is 14.7. The topological polar surface area (TPSA) is 34.1 Å². The SMILES string of the molecule is COc1ccc(C2=NN(C)CCC2)cc1OC1CCCC1. The third kappa shape index (κ3) is 3.31. The zero-order valence-corrected chi connectivity index (χ0v) is 13.0. The molecule has 0 amide bonds. The van der Waals surface area contributed by atoms with Crippen molar-refractivity contribution in [1.29, 1.82) is 0 Å². The average molecular weight is 288 g/mol. The first-order valence-corrected chi connectivity index (χ1v) is 7.90. The van der Waals surface area contributed by atoms with Gasteiger partial charge in [-0.1, -0.05) is 0 Å². The van der Waals surface area contributed by atoms with Crippen LogP contribution in [0.25, 0.3) is 0 Å². The van der Waals surface area contributed by atoms with Gasteiger partial charge in [-0.25, -0.2) is 0 Å². The van der Waals surface area contributed by atoms with Crippen LogP contribution < -0.4 is 9.47 Å². The van der Waals surface area contributed by atoms with Crippen LogP contribution in [0.3, 0.4) is 0 Å². The van der Waals surface area contributed by atoms with Gasteiger partial charge in [-0.15, -0.1) is 0 Å². The molecule has 3 rings (SSSR count). The molecule has 1 aliphatic carbocycles. The van der Waals surface area contributed by atoms with E-state index in [9.17, 15) is 0 Å². The number of benzene rings is 1. The Morgan fingerprint density at radius 2 is 1.95 bits per heavy atom. The minimum Gasteiger partial charge on any atom is -0.493 e. The predicted octanol–water partition coefficient (Wildman–Crippen LogP) is 3.45. The van der Waals surface area contributed by atoms with Gasteiger partial charge in [0.05, 0.1) is 18.9 Å². The number of hydrogen-bond donors (Lipinski definition) is 0. The maximum Gasteiger partial charge on any atom is 0.162 e. The van der Waals surface area contributed by atoms with Crippen LogP contribution in [0.5, 0.6) is 11.5 Å². The molecule has 1 heterocycles. The van der Waals surface area contributed by atoms with Crippen LogP contribution in [0.1, 0.15) is 44.1 Å². The highest BCUT2D eigenvalue weighted by molar-refractivity contribution is 6.01. The largest absolute Gasteiger partial charge is 0.493 e. The Balaban J connectivity index is 1.85. The third-order valence-corrected chi connectivity index (χ3v) is 4.28. The van der Waals surface area contributed by atoms with Crippen molar-refractivity contribution in [2.75, 3.05) is 20.7 Å². The van der Waals surface area contributed by atoms with Crippen LogP contribution in [0.4, 0.5) is 0 Å². The van der Waals surface area contributed by atoms with Crippen molar-refractivity contribution in [1.82, 2.24) is 5.01 Å². The normalized spacial score (nSPS) is 19.5. The standard InChI is InChI=1S/C17H24N2O2/c1-19-11-5-8-15(18-19)13-9-10-16(20-2)17(12-13)21-14-6-3-4-7-14/h9-10,12,14H,3-8,11H2,1-2H3. The molecule has 0 atom stereocenters. The zero-order valence-electron chi connectivity index (χ0n) is 13.0. The van der Waals surface area contributed by atoms with Crippen LogP contribution in [0.15, 0.2) is 23.3 Å². The molecule has 1 aromatic carbocycles. The Labute approximate surface area is 126 Å². The molecule has 1 saturated carbocycles. The number of ether oxygens (including phenoxy) is 2. The summed E-state index contributed by atoms with van der Waals surface area (Å²) in [5.74, 6) is 1.67. The molecule has 21 heavy (non-hydrogen) atoms. The molecule has 0 spiro atoms. The third-order valence-electron chi connectivity index (χ3n) is 4.28. The van der Waals surface area contributed by atoms with E-state index in [4.69, 9.17) is 9.47 Å². The van der Waals surface area contributed by atoms with E-state index >= 15 is 0 Å². The number of nitrogens with zero attached hydrogens (tertiary/aromatic N) is 2. The molecule has 4 heteroatoms. The molecular weight excluding hydrogens is 264 g/mol. The summed E-state index contributed by atoms with van der Waals surface area (Å²) in [5.41, 5.74) is 2.29. The molecule has 0 unspecified atom stereocenters. The summed E-state index contributed by atoms with van der Waals surface area (Å²) in [5, 5.41) is 6.65. The molecule has 0 radical (unpaired) electrons. The van der Waals surface area contributed by atoms with Crippen molar-refractivity contribution >= 4 is 5.71 Å². The second-order valence-corrected chi connectivity index (χ2v) is 5.92. The molecule has 0 N–H and O–H groups in total. The Morgan fingerprint density at radius 3 is 2.67 bits per heavy atom. The van der Waals surface area contributed by atoms with Gasteiger partial charge in [0.1, 0.15) is 0 Å². The summed E-state index contributed by atoms with van der Waals surface area (Å²) in [6, 6.07) is 6.17. The molecule has 114 valence electrons. The highest BCUT2D eigenvalue weighted by Crippen LogP contribution is 2.33. The summed E-state index contributed by atoms with van der Waals surface area (Å²) in [6.07, 6.45) is 7.35. The fourth-order valence-electron chi connectivity index (χ4n) is 3.12. The summed E-state index contributed by atoms with van der Waals surface area (Å²) >= 11 is 0. The van der Waals surface area contributed by atoms with Crippen molar-refractivity contribution in [3.63, 3.8) is 0 Å². The van der Waals surface area contributed by atoms with E-state index in [0.29, 0.717) is 6.10 Å². The van der Waals surface area contributed by atoms with E-state index in [2.05, 4.69) is 17.2 Å². The summed E-state index contributed by atoms with van der Waals surface area (Å²) in [7, 11) is 3.72. The Morgan fingerprint density at radius 1 is 1.14 bits per heavy atom. The average Bonchev–Trinajstić information content (AvgIpc) is 3.00. The lowest BCUT2D eigenvalue weighted by Crippen LogP contribution is -2.22. The summed E-state index contributed by atoms with van der Waals surface area (Å²) in [4.78, 5) is 0. The minimum atomic E-state index is 0.338. The fraction of sp³-hybridized carbons (Fsp3) is 0.588. The molecule has 0 bridgehead atoms. The molecule has 1 fully saturated rings.